The highest BCUT2D eigenvalue weighted by atomic mass is 32.2. The summed E-state index contributed by atoms with van der Waals surface area (Å²) in [7, 11) is -3.33. The lowest BCUT2D eigenvalue weighted by Crippen LogP contribution is -2.26. The van der Waals surface area contributed by atoms with E-state index < -0.39 is 9.84 Å². The van der Waals surface area contributed by atoms with Crippen molar-refractivity contribution in [2.24, 2.45) is 0 Å². The van der Waals surface area contributed by atoms with Gasteiger partial charge in [-0.05, 0) is 41.8 Å². The summed E-state index contributed by atoms with van der Waals surface area (Å²) in [6.45, 7) is 1.69. The van der Waals surface area contributed by atoms with Crippen molar-refractivity contribution >= 4 is 21.4 Å². The molecular formula is C22H22O6S. The Morgan fingerprint density at radius 2 is 1.66 bits per heavy atom. The van der Waals surface area contributed by atoms with E-state index in [-0.39, 0.29) is 53.0 Å². The molecule has 0 bridgehead atoms. The summed E-state index contributed by atoms with van der Waals surface area (Å²) in [5.74, 6) is -0.137. The van der Waals surface area contributed by atoms with Crippen molar-refractivity contribution in [2.75, 3.05) is 6.26 Å². The first-order chi connectivity index (χ1) is 13.7. The highest BCUT2D eigenvalue weighted by Gasteiger charge is 2.33. The zero-order valence-corrected chi connectivity index (χ0v) is 17.0. The molecule has 0 unspecified atom stereocenters. The van der Waals surface area contributed by atoms with E-state index in [9.17, 15) is 23.1 Å². The smallest absolute Gasteiger partial charge is 0.175 e. The Morgan fingerprint density at radius 3 is 2.21 bits per heavy atom. The third-order valence-electron chi connectivity index (χ3n) is 4.87. The quantitative estimate of drug-likeness (QED) is 0.449. The molecule has 0 atom stereocenters. The van der Waals surface area contributed by atoms with E-state index >= 15 is 0 Å². The molecule has 2 aromatic rings. The van der Waals surface area contributed by atoms with Gasteiger partial charge in [-0.3, -0.25) is 9.59 Å². The Bertz CT molecular complexity index is 1060. The van der Waals surface area contributed by atoms with Crippen LogP contribution in [-0.2, 0) is 19.4 Å². The maximum atomic E-state index is 12.3. The molecule has 3 rings (SSSR count). The molecule has 1 N–H and O–H groups in total. The number of carbonyl (C=O) groups excluding carboxylic acids is 2. The molecule has 0 saturated heterocycles. The van der Waals surface area contributed by atoms with E-state index in [1.54, 1.807) is 43.3 Å². The van der Waals surface area contributed by atoms with Gasteiger partial charge in [-0.1, -0.05) is 25.1 Å². The molecule has 0 aliphatic heterocycles. The van der Waals surface area contributed by atoms with Crippen LogP contribution in [0.15, 0.2) is 64.8 Å². The second kappa shape index (κ2) is 8.21. The van der Waals surface area contributed by atoms with Crippen molar-refractivity contribution in [3.05, 3.63) is 65.4 Å². The van der Waals surface area contributed by atoms with Gasteiger partial charge in [0, 0.05) is 25.5 Å². The van der Waals surface area contributed by atoms with Crippen LogP contribution in [0.4, 0.5) is 0 Å². The number of benzene rings is 2. The SMILES string of the molecule is CCC(O)=C1C(=O)CC(c2ccc(Oc3cccc(S(C)(=O)=O)c3)cc2)CC1=O. The van der Waals surface area contributed by atoms with Crippen molar-refractivity contribution in [3.8, 4) is 11.5 Å². The summed E-state index contributed by atoms with van der Waals surface area (Å²) in [4.78, 5) is 24.8. The number of ether oxygens (including phenoxy) is 1. The molecule has 29 heavy (non-hydrogen) atoms. The number of ketones is 2. The van der Waals surface area contributed by atoms with E-state index in [1.165, 1.54) is 12.1 Å². The second-order valence-corrected chi connectivity index (χ2v) is 9.06. The Balaban J connectivity index is 1.75. The van der Waals surface area contributed by atoms with Crippen molar-refractivity contribution < 1.29 is 27.9 Å². The molecule has 0 heterocycles. The van der Waals surface area contributed by atoms with Gasteiger partial charge in [-0.2, -0.15) is 0 Å². The second-order valence-electron chi connectivity index (χ2n) is 7.04. The van der Waals surface area contributed by atoms with Gasteiger partial charge in [0.25, 0.3) is 0 Å². The topological polar surface area (TPSA) is 97.7 Å². The van der Waals surface area contributed by atoms with Crippen LogP contribution in [0, 0.1) is 0 Å². The van der Waals surface area contributed by atoms with E-state index in [4.69, 9.17) is 4.74 Å². The number of sulfone groups is 1. The van der Waals surface area contributed by atoms with Gasteiger partial charge in [0.15, 0.2) is 21.4 Å². The number of Topliss-reactive ketones (excluding diaryl/α,β-unsaturated/α-hetero) is 2. The number of hydrogen-bond donors (Lipinski definition) is 1. The van der Waals surface area contributed by atoms with Crippen LogP contribution < -0.4 is 4.74 Å². The van der Waals surface area contributed by atoms with Gasteiger partial charge >= 0.3 is 0 Å². The minimum absolute atomic E-state index is 0.0607. The molecule has 1 fully saturated rings. The maximum absolute atomic E-state index is 12.3. The first kappa shape index (κ1) is 20.8. The molecule has 1 aliphatic rings. The molecule has 1 saturated carbocycles. The molecule has 152 valence electrons. The third-order valence-corrected chi connectivity index (χ3v) is 5.98. The predicted molar refractivity (Wildman–Crippen MR) is 108 cm³/mol. The van der Waals surface area contributed by atoms with Gasteiger partial charge in [-0.15, -0.1) is 0 Å². The van der Waals surface area contributed by atoms with Gasteiger partial charge in [0.05, 0.1) is 10.5 Å². The molecule has 0 spiro atoms. The van der Waals surface area contributed by atoms with E-state index in [0.717, 1.165) is 11.8 Å². The molecule has 1 aliphatic carbocycles. The summed E-state index contributed by atoms with van der Waals surface area (Å²) in [5, 5.41) is 9.81. The van der Waals surface area contributed by atoms with Crippen LogP contribution in [0.25, 0.3) is 0 Å². The number of allylic oxidation sites excluding steroid dienone is 2. The number of rotatable bonds is 5. The van der Waals surface area contributed by atoms with E-state index in [2.05, 4.69) is 0 Å². The van der Waals surface area contributed by atoms with Gasteiger partial charge in [0.1, 0.15) is 17.3 Å². The first-order valence-corrected chi connectivity index (χ1v) is 11.1. The summed E-state index contributed by atoms with van der Waals surface area (Å²) < 4.78 is 29.1. The number of aliphatic hydroxyl groups is 1. The predicted octanol–water partition coefficient (Wildman–Crippen LogP) is 4.12. The van der Waals surface area contributed by atoms with Crippen molar-refractivity contribution in [1.29, 1.82) is 0 Å². The fourth-order valence-electron chi connectivity index (χ4n) is 3.33. The van der Waals surface area contributed by atoms with Crippen LogP contribution in [0.3, 0.4) is 0 Å². The Kier molecular flexibility index (Phi) is 5.88. The van der Waals surface area contributed by atoms with Crippen LogP contribution in [0.2, 0.25) is 0 Å². The lowest BCUT2D eigenvalue weighted by molar-refractivity contribution is -0.124. The molecular weight excluding hydrogens is 392 g/mol. The summed E-state index contributed by atoms with van der Waals surface area (Å²) in [6, 6.07) is 13.2. The van der Waals surface area contributed by atoms with E-state index in [1.807, 2.05) is 0 Å². The summed E-state index contributed by atoms with van der Waals surface area (Å²) in [5.41, 5.74) is 0.772. The number of carbonyl (C=O) groups is 2. The largest absolute Gasteiger partial charge is 0.511 e. The molecule has 0 radical (unpaired) electrons. The molecule has 6 nitrogen and oxygen atoms in total. The average Bonchev–Trinajstić information content (AvgIpc) is 2.67. The molecule has 0 amide bonds. The van der Waals surface area contributed by atoms with Crippen LogP contribution in [0.5, 0.6) is 11.5 Å². The maximum Gasteiger partial charge on any atom is 0.175 e. The van der Waals surface area contributed by atoms with Crippen molar-refractivity contribution in [1.82, 2.24) is 0 Å². The van der Waals surface area contributed by atoms with Crippen LogP contribution in [0.1, 0.15) is 37.7 Å². The fourth-order valence-corrected chi connectivity index (χ4v) is 3.98. The van der Waals surface area contributed by atoms with Gasteiger partial charge < -0.3 is 9.84 Å². The average molecular weight is 414 g/mol. The molecule has 0 aromatic heterocycles. The first-order valence-electron chi connectivity index (χ1n) is 9.25. The van der Waals surface area contributed by atoms with Crippen molar-refractivity contribution in [2.45, 2.75) is 37.0 Å². The van der Waals surface area contributed by atoms with Crippen LogP contribution in [-0.4, -0.2) is 31.3 Å². The van der Waals surface area contributed by atoms with Crippen molar-refractivity contribution in [3.63, 3.8) is 0 Å². The van der Waals surface area contributed by atoms with Crippen LogP contribution >= 0.6 is 0 Å². The standard InChI is InChI=1S/C22H22O6S/c1-3-19(23)22-20(24)11-15(12-21(22)25)14-7-9-16(10-8-14)28-17-5-4-6-18(13-17)29(2,26)27/h4-10,13,15,23H,3,11-12H2,1-2H3. The summed E-state index contributed by atoms with van der Waals surface area (Å²) in [6.07, 6.45) is 1.72. The minimum atomic E-state index is -3.33. The fraction of sp³-hybridized carbons (Fsp3) is 0.273. The zero-order valence-electron chi connectivity index (χ0n) is 16.2. The third kappa shape index (κ3) is 4.74. The Morgan fingerprint density at radius 1 is 1.03 bits per heavy atom. The summed E-state index contributed by atoms with van der Waals surface area (Å²) >= 11 is 0. The van der Waals surface area contributed by atoms with Gasteiger partial charge in [-0.25, -0.2) is 8.42 Å². The highest BCUT2D eigenvalue weighted by molar-refractivity contribution is 7.90. The monoisotopic (exact) mass is 414 g/mol. The van der Waals surface area contributed by atoms with Gasteiger partial charge in [0.2, 0.25) is 0 Å². The zero-order chi connectivity index (χ0) is 21.2. The molecule has 2 aromatic carbocycles. The lowest BCUT2D eigenvalue weighted by Gasteiger charge is -2.23. The van der Waals surface area contributed by atoms with E-state index in [0.29, 0.717) is 11.5 Å². The Hall–Kier alpha value is -2.93. The minimum Gasteiger partial charge on any atom is -0.511 e. The Labute approximate surface area is 169 Å². The number of aliphatic hydroxyl groups excluding tert-OH is 1. The normalized spacial score (nSPS) is 17.3. The number of hydrogen-bond acceptors (Lipinski definition) is 6. The lowest BCUT2D eigenvalue weighted by atomic mass is 9.79. The molecule has 7 heteroatoms. The highest BCUT2D eigenvalue weighted by Crippen LogP contribution is 2.34.